The normalized spacial score (nSPS) is 18.2. The van der Waals surface area contributed by atoms with Gasteiger partial charge in [-0.2, -0.15) is 0 Å². The standard InChI is InChI=1S/C21H22N2O5/c1-28-18(24)12-21(10-9-14-5-3-2-4-6-14)20(27)22-13-16-11-15(19(25)26)7-8-17(16)23-21/h2-8,11,23H,9-10,12-13H2,1H3,(H,22,27)(H,25,26). The fourth-order valence-corrected chi connectivity index (χ4v) is 3.36. The van der Waals surface area contributed by atoms with E-state index in [1.807, 2.05) is 30.3 Å². The summed E-state index contributed by atoms with van der Waals surface area (Å²) in [5.74, 6) is -1.86. The van der Waals surface area contributed by atoms with Crippen LogP contribution in [0, 0.1) is 0 Å². The Kier molecular flexibility index (Phi) is 5.63. The molecule has 1 aliphatic heterocycles. The molecule has 0 bridgehead atoms. The lowest BCUT2D eigenvalue weighted by Gasteiger charge is -2.32. The summed E-state index contributed by atoms with van der Waals surface area (Å²) < 4.78 is 4.82. The molecule has 0 spiro atoms. The number of fused-ring (bicyclic) bond motifs is 1. The van der Waals surface area contributed by atoms with E-state index in [1.165, 1.54) is 19.2 Å². The van der Waals surface area contributed by atoms with E-state index < -0.39 is 17.5 Å². The van der Waals surface area contributed by atoms with Crippen LogP contribution in [-0.4, -0.2) is 35.6 Å². The highest BCUT2D eigenvalue weighted by Crippen LogP contribution is 2.31. The fourth-order valence-electron chi connectivity index (χ4n) is 3.36. The number of aryl methyl sites for hydroxylation is 1. The molecule has 0 radical (unpaired) electrons. The van der Waals surface area contributed by atoms with Crippen molar-refractivity contribution in [3.05, 3.63) is 65.2 Å². The van der Waals surface area contributed by atoms with Crippen molar-refractivity contribution >= 4 is 23.5 Å². The van der Waals surface area contributed by atoms with Crippen LogP contribution in [0.2, 0.25) is 0 Å². The maximum absolute atomic E-state index is 13.0. The molecule has 0 aliphatic carbocycles. The van der Waals surface area contributed by atoms with Crippen molar-refractivity contribution in [3.8, 4) is 0 Å². The van der Waals surface area contributed by atoms with Crippen molar-refractivity contribution in [2.75, 3.05) is 12.4 Å². The highest BCUT2D eigenvalue weighted by atomic mass is 16.5. The molecular formula is C21H22N2O5. The zero-order chi connectivity index (χ0) is 20.1. The van der Waals surface area contributed by atoms with Gasteiger partial charge in [-0.05, 0) is 42.2 Å². The second-order valence-corrected chi connectivity index (χ2v) is 6.81. The number of ether oxygens (including phenoxy) is 1. The van der Waals surface area contributed by atoms with Crippen LogP contribution >= 0.6 is 0 Å². The Morgan fingerprint density at radius 3 is 2.61 bits per heavy atom. The van der Waals surface area contributed by atoms with Gasteiger partial charge in [0.05, 0.1) is 19.1 Å². The Labute approximate surface area is 162 Å². The average Bonchev–Trinajstić information content (AvgIpc) is 2.84. The number of carbonyl (C=O) groups is 3. The summed E-state index contributed by atoms with van der Waals surface area (Å²) in [4.78, 5) is 36.3. The molecule has 1 heterocycles. The molecule has 7 heteroatoms. The predicted molar refractivity (Wildman–Crippen MR) is 103 cm³/mol. The topological polar surface area (TPSA) is 105 Å². The molecule has 1 atom stereocenters. The lowest BCUT2D eigenvalue weighted by Crippen LogP contribution is -2.52. The van der Waals surface area contributed by atoms with E-state index in [0.717, 1.165) is 5.56 Å². The van der Waals surface area contributed by atoms with Crippen LogP contribution in [0.15, 0.2) is 48.5 Å². The van der Waals surface area contributed by atoms with Crippen molar-refractivity contribution < 1.29 is 24.2 Å². The Bertz CT molecular complexity index is 897. The largest absolute Gasteiger partial charge is 0.478 e. The number of nitrogens with one attached hydrogen (secondary N) is 2. The van der Waals surface area contributed by atoms with Crippen molar-refractivity contribution in [2.24, 2.45) is 0 Å². The van der Waals surface area contributed by atoms with E-state index in [4.69, 9.17) is 4.74 Å². The van der Waals surface area contributed by atoms with Crippen molar-refractivity contribution in [2.45, 2.75) is 31.3 Å². The lowest BCUT2D eigenvalue weighted by molar-refractivity contribution is -0.144. The average molecular weight is 382 g/mol. The van der Waals surface area contributed by atoms with Gasteiger partial charge in [0.15, 0.2) is 0 Å². The third kappa shape index (κ3) is 4.14. The number of amides is 1. The number of rotatable bonds is 6. The predicted octanol–water partition coefficient (Wildman–Crippen LogP) is 2.36. The number of carbonyl (C=O) groups excluding carboxylic acids is 2. The van der Waals surface area contributed by atoms with Crippen LogP contribution in [-0.2, 0) is 27.3 Å². The fraction of sp³-hybridized carbons (Fsp3) is 0.286. The van der Waals surface area contributed by atoms with Gasteiger partial charge in [-0.3, -0.25) is 9.59 Å². The van der Waals surface area contributed by atoms with E-state index in [0.29, 0.717) is 24.1 Å². The third-order valence-corrected chi connectivity index (χ3v) is 4.96. The molecule has 0 saturated heterocycles. The number of carboxylic acids is 1. The molecule has 1 amide bonds. The molecule has 146 valence electrons. The minimum Gasteiger partial charge on any atom is -0.478 e. The van der Waals surface area contributed by atoms with Gasteiger partial charge in [-0.25, -0.2) is 4.79 Å². The monoisotopic (exact) mass is 382 g/mol. The molecule has 1 aliphatic rings. The van der Waals surface area contributed by atoms with Crippen LogP contribution in [0.1, 0.15) is 34.3 Å². The first-order valence-electron chi connectivity index (χ1n) is 8.97. The second-order valence-electron chi connectivity index (χ2n) is 6.81. The molecule has 0 fully saturated rings. The van der Waals surface area contributed by atoms with Gasteiger partial charge in [-0.15, -0.1) is 0 Å². The molecule has 0 saturated carbocycles. The number of methoxy groups -OCH3 is 1. The Hall–Kier alpha value is -3.35. The van der Waals surface area contributed by atoms with Gasteiger partial charge >= 0.3 is 11.9 Å². The third-order valence-electron chi connectivity index (χ3n) is 4.96. The number of hydrogen-bond acceptors (Lipinski definition) is 5. The lowest BCUT2D eigenvalue weighted by atomic mass is 9.86. The van der Waals surface area contributed by atoms with Gasteiger partial charge in [0.2, 0.25) is 5.91 Å². The zero-order valence-corrected chi connectivity index (χ0v) is 15.5. The second kappa shape index (κ2) is 8.12. The minimum atomic E-state index is -1.20. The zero-order valence-electron chi connectivity index (χ0n) is 15.5. The van der Waals surface area contributed by atoms with Crippen molar-refractivity contribution in [1.82, 2.24) is 5.32 Å². The number of aromatic carboxylic acids is 1. The first-order chi connectivity index (χ1) is 13.4. The first-order valence-corrected chi connectivity index (χ1v) is 8.97. The Balaban J connectivity index is 1.95. The van der Waals surface area contributed by atoms with Gasteiger partial charge in [-0.1, -0.05) is 30.3 Å². The van der Waals surface area contributed by atoms with E-state index in [1.54, 1.807) is 6.07 Å². The van der Waals surface area contributed by atoms with Crippen LogP contribution in [0.4, 0.5) is 5.69 Å². The van der Waals surface area contributed by atoms with Crippen LogP contribution in [0.5, 0.6) is 0 Å². The molecule has 2 aromatic carbocycles. The van der Waals surface area contributed by atoms with Crippen molar-refractivity contribution in [3.63, 3.8) is 0 Å². The SMILES string of the molecule is COC(=O)CC1(CCc2ccccc2)Nc2ccc(C(=O)O)cc2CNC1=O. The molecule has 3 rings (SSSR count). The smallest absolute Gasteiger partial charge is 0.335 e. The summed E-state index contributed by atoms with van der Waals surface area (Å²) in [6, 6.07) is 14.3. The molecule has 7 nitrogen and oxygen atoms in total. The van der Waals surface area contributed by atoms with Crippen LogP contribution in [0.3, 0.4) is 0 Å². The van der Waals surface area contributed by atoms with E-state index >= 15 is 0 Å². The van der Waals surface area contributed by atoms with E-state index in [-0.39, 0.29) is 24.4 Å². The van der Waals surface area contributed by atoms with E-state index in [2.05, 4.69) is 10.6 Å². The number of anilines is 1. The summed E-state index contributed by atoms with van der Waals surface area (Å²) in [7, 11) is 1.29. The number of esters is 1. The summed E-state index contributed by atoms with van der Waals surface area (Å²) >= 11 is 0. The summed E-state index contributed by atoms with van der Waals surface area (Å²) in [6.07, 6.45) is 0.821. The molecule has 1 unspecified atom stereocenters. The number of benzene rings is 2. The molecule has 2 aromatic rings. The molecule has 28 heavy (non-hydrogen) atoms. The van der Waals surface area contributed by atoms with Gasteiger partial charge in [0, 0.05) is 12.2 Å². The van der Waals surface area contributed by atoms with Crippen LogP contribution in [0.25, 0.3) is 0 Å². The Morgan fingerprint density at radius 1 is 1.18 bits per heavy atom. The highest BCUT2D eigenvalue weighted by Gasteiger charge is 2.42. The van der Waals surface area contributed by atoms with Crippen molar-refractivity contribution in [1.29, 1.82) is 0 Å². The first kappa shape index (κ1) is 19.4. The molecular weight excluding hydrogens is 360 g/mol. The highest BCUT2D eigenvalue weighted by molar-refractivity contribution is 5.95. The molecule has 3 N–H and O–H groups in total. The maximum atomic E-state index is 13.0. The molecule has 0 aromatic heterocycles. The van der Waals surface area contributed by atoms with Gasteiger partial charge in [0.1, 0.15) is 5.54 Å². The minimum absolute atomic E-state index is 0.137. The summed E-state index contributed by atoms with van der Waals surface area (Å²) in [5, 5.41) is 15.2. The van der Waals surface area contributed by atoms with Gasteiger partial charge in [0.25, 0.3) is 0 Å². The maximum Gasteiger partial charge on any atom is 0.335 e. The van der Waals surface area contributed by atoms with Gasteiger partial charge < -0.3 is 20.5 Å². The van der Waals surface area contributed by atoms with Crippen LogP contribution < -0.4 is 10.6 Å². The summed E-state index contributed by atoms with van der Waals surface area (Å²) in [6.45, 7) is 0.177. The Morgan fingerprint density at radius 2 is 1.93 bits per heavy atom. The summed E-state index contributed by atoms with van der Waals surface area (Å²) in [5.41, 5.74) is 1.27. The quantitative estimate of drug-likeness (QED) is 0.663. The number of hydrogen-bond donors (Lipinski definition) is 3. The van der Waals surface area contributed by atoms with E-state index in [9.17, 15) is 19.5 Å². The number of carboxylic acid groups (broad SMARTS) is 1.